The maximum atomic E-state index is 14.5. The number of nitrogens with one attached hydrogen (secondary N) is 1. The van der Waals surface area contributed by atoms with Crippen LogP contribution in [-0.4, -0.2) is 88.2 Å². The fourth-order valence-corrected chi connectivity index (χ4v) is 7.53. The summed E-state index contributed by atoms with van der Waals surface area (Å²) in [5, 5.41) is 14.4. The summed E-state index contributed by atoms with van der Waals surface area (Å²) in [4.78, 5) is 27.1. The van der Waals surface area contributed by atoms with Gasteiger partial charge in [-0.15, -0.1) is 0 Å². The van der Waals surface area contributed by atoms with E-state index in [1.54, 1.807) is 23.1 Å². The number of aryl methyl sites for hydroxylation is 1. The molecule has 4 rings (SSSR count). The number of hydrogen-bond acceptors (Lipinski definition) is 9. The molecule has 2 aliphatic rings. The molecule has 12 heteroatoms. The second-order valence-electron chi connectivity index (χ2n) is 13.0. The van der Waals surface area contributed by atoms with Gasteiger partial charge in [-0.1, -0.05) is 50.2 Å². The molecule has 2 N–H and O–H groups in total. The summed E-state index contributed by atoms with van der Waals surface area (Å²) in [7, 11) is -0.668. The van der Waals surface area contributed by atoms with Crippen LogP contribution in [0.25, 0.3) is 0 Å². The summed E-state index contributed by atoms with van der Waals surface area (Å²) < 4.78 is 47.1. The molecule has 0 spiro atoms. The van der Waals surface area contributed by atoms with Crippen LogP contribution in [0, 0.1) is 11.3 Å². The van der Waals surface area contributed by atoms with Gasteiger partial charge in [-0.3, -0.25) is 0 Å². The van der Waals surface area contributed by atoms with Crippen molar-refractivity contribution in [1.29, 1.82) is 0 Å². The number of ketones is 1. The molecule has 2 aromatic rings. The zero-order chi connectivity index (χ0) is 32.8. The van der Waals surface area contributed by atoms with E-state index >= 15 is 0 Å². The number of benzene rings is 2. The predicted octanol–water partition coefficient (Wildman–Crippen LogP) is 3.95. The average molecular weight is 646 g/mol. The lowest BCUT2D eigenvalue weighted by Crippen LogP contribution is -2.59. The number of aliphatic hydroxyl groups is 1. The molecule has 0 bridgehead atoms. The van der Waals surface area contributed by atoms with Gasteiger partial charge in [0.25, 0.3) is 0 Å². The van der Waals surface area contributed by atoms with Crippen LogP contribution in [0.3, 0.4) is 0 Å². The number of amides is 1. The lowest BCUT2D eigenvalue weighted by atomic mass is 9.86. The van der Waals surface area contributed by atoms with Gasteiger partial charge in [-0.2, -0.15) is 4.31 Å². The predicted molar refractivity (Wildman–Crippen MR) is 170 cm³/mol. The second-order valence-corrected chi connectivity index (χ2v) is 14.8. The number of anilines is 1. The molecule has 2 heterocycles. The molecule has 2 unspecified atom stereocenters. The molecule has 11 nitrogen and oxygen atoms in total. The number of carbonyl (C=O) groups excluding carboxylic acids is 2. The Kier molecular flexibility index (Phi) is 11.6. The highest BCUT2D eigenvalue weighted by Gasteiger charge is 2.45. The first kappa shape index (κ1) is 34.8. The zero-order valence-corrected chi connectivity index (χ0v) is 27.7. The fourth-order valence-electron chi connectivity index (χ4n) is 5.72. The molecular weight excluding hydrogens is 598 g/mol. The Morgan fingerprint density at radius 3 is 2.53 bits per heavy atom. The molecule has 0 aliphatic carbocycles. The molecule has 0 aromatic heterocycles. The Labute approximate surface area is 266 Å². The first-order valence-electron chi connectivity index (χ1n) is 15.5. The number of carbonyl (C=O) groups is 2. The van der Waals surface area contributed by atoms with Crippen molar-refractivity contribution in [3.05, 3.63) is 60.2 Å². The van der Waals surface area contributed by atoms with Crippen LogP contribution in [-0.2, 0) is 35.4 Å². The van der Waals surface area contributed by atoms with Gasteiger partial charge < -0.3 is 34.3 Å². The number of sulfonamides is 1. The minimum absolute atomic E-state index is 0.00899. The van der Waals surface area contributed by atoms with Crippen molar-refractivity contribution < 1.29 is 37.3 Å². The minimum atomic E-state index is -4.30. The summed E-state index contributed by atoms with van der Waals surface area (Å²) in [5.41, 5.74) is 0.951. The van der Waals surface area contributed by atoms with Crippen molar-refractivity contribution in [2.75, 3.05) is 38.8 Å². The molecule has 0 radical (unpaired) electrons. The second kappa shape index (κ2) is 15.0. The van der Waals surface area contributed by atoms with Crippen molar-refractivity contribution in [2.24, 2.45) is 11.3 Å². The van der Waals surface area contributed by atoms with Gasteiger partial charge in [0.2, 0.25) is 10.0 Å². The molecule has 2 aromatic carbocycles. The highest BCUT2D eigenvalue weighted by atomic mass is 32.2. The molecule has 45 heavy (non-hydrogen) atoms. The van der Waals surface area contributed by atoms with Gasteiger partial charge in [0.1, 0.15) is 18.1 Å². The summed E-state index contributed by atoms with van der Waals surface area (Å²) >= 11 is 0. The number of alkyl carbamates (subject to hydrolysis) is 1. The van der Waals surface area contributed by atoms with E-state index in [2.05, 4.69) is 5.32 Å². The number of aliphatic hydroxyl groups excluding tert-OH is 1. The van der Waals surface area contributed by atoms with E-state index in [4.69, 9.17) is 14.2 Å². The van der Waals surface area contributed by atoms with Crippen LogP contribution in [0.5, 0.6) is 0 Å². The van der Waals surface area contributed by atoms with Crippen LogP contribution in [0.1, 0.15) is 52.0 Å². The Balaban J connectivity index is 1.69. The molecule has 248 valence electrons. The normalized spacial score (nSPS) is 21.3. The highest BCUT2D eigenvalue weighted by molar-refractivity contribution is 7.89. The number of nitrogens with zero attached hydrogens (tertiary/aromatic N) is 2. The highest BCUT2D eigenvalue weighted by Crippen LogP contribution is 2.34. The fraction of sp³-hybridized carbons (Fsp3) is 0.576. The van der Waals surface area contributed by atoms with Crippen LogP contribution in [0.4, 0.5) is 10.5 Å². The Morgan fingerprint density at radius 2 is 1.84 bits per heavy atom. The van der Waals surface area contributed by atoms with Crippen LogP contribution in [0.2, 0.25) is 0 Å². The monoisotopic (exact) mass is 645 g/mol. The van der Waals surface area contributed by atoms with Gasteiger partial charge in [-0.05, 0) is 61.8 Å². The van der Waals surface area contributed by atoms with E-state index in [0.29, 0.717) is 31.6 Å². The summed E-state index contributed by atoms with van der Waals surface area (Å²) in [6, 6.07) is 16.1. The number of ether oxygens (including phenoxy) is 3. The third-order valence-corrected chi connectivity index (χ3v) is 10.3. The lowest BCUT2D eigenvalue weighted by Gasteiger charge is -2.39. The summed E-state index contributed by atoms with van der Waals surface area (Å²) in [5.74, 6) is -0.123. The van der Waals surface area contributed by atoms with E-state index in [1.165, 1.54) is 13.0 Å². The molecule has 5 atom stereocenters. The quantitative estimate of drug-likeness (QED) is 0.276. The van der Waals surface area contributed by atoms with E-state index in [-0.39, 0.29) is 42.6 Å². The van der Waals surface area contributed by atoms with E-state index in [1.807, 2.05) is 58.3 Å². The van der Waals surface area contributed by atoms with E-state index < -0.39 is 46.2 Å². The summed E-state index contributed by atoms with van der Waals surface area (Å²) in [6.45, 7) is 5.84. The van der Waals surface area contributed by atoms with Crippen molar-refractivity contribution in [3.8, 4) is 0 Å². The minimum Gasteiger partial charge on any atom is -0.443 e. The standard InChI is InChI=1S/C33H47N3O8S/c1-23(37)16-18-33(2,3)22-36(45(40,41)26-13-9-12-25(20-26)35(4)5)30(28(38)15-14-24-10-7-6-8-11-24)34-32(39)44-29-21-43-31-27(29)17-19-42-31/h6-13,20,27-31,38H,14-19,21-22H2,1-5H3,(H,34,39)/t27-,28?,29-,30?,31+/m0/s1. The molecular formula is C33H47N3O8S. The maximum Gasteiger partial charge on any atom is 0.408 e. The SMILES string of the molecule is CC(=O)CCC(C)(C)CN(C(NC(=O)O[C@H]1CO[C@H]2OCC[C@H]21)C(O)CCc1ccccc1)S(=O)(=O)c1cccc(N(C)C)c1. The average Bonchev–Trinajstić information content (AvgIpc) is 3.62. The number of rotatable bonds is 15. The molecule has 1 amide bonds. The number of Topliss-reactive ketones (excluding diaryl/α,β-unsaturated/α-hetero) is 1. The third-order valence-electron chi connectivity index (χ3n) is 8.43. The Hall–Kier alpha value is -3.03. The lowest BCUT2D eigenvalue weighted by molar-refractivity contribution is -0.117. The van der Waals surface area contributed by atoms with Crippen molar-refractivity contribution in [2.45, 2.75) is 82.4 Å². The van der Waals surface area contributed by atoms with Crippen LogP contribution < -0.4 is 10.2 Å². The van der Waals surface area contributed by atoms with Gasteiger partial charge in [0.05, 0.1) is 30.1 Å². The van der Waals surface area contributed by atoms with E-state index in [9.17, 15) is 23.1 Å². The first-order valence-corrected chi connectivity index (χ1v) is 16.9. The van der Waals surface area contributed by atoms with Crippen LogP contribution >= 0.6 is 0 Å². The number of hydrogen-bond donors (Lipinski definition) is 2. The first-order chi connectivity index (χ1) is 21.3. The van der Waals surface area contributed by atoms with Gasteiger partial charge >= 0.3 is 6.09 Å². The Morgan fingerprint density at radius 1 is 1.11 bits per heavy atom. The number of fused-ring (bicyclic) bond motifs is 1. The van der Waals surface area contributed by atoms with E-state index in [0.717, 1.165) is 9.87 Å². The van der Waals surface area contributed by atoms with Crippen molar-refractivity contribution in [3.63, 3.8) is 0 Å². The topological polar surface area (TPSA) is 135 Å². The zero-order valence-electron chi connectivity index (χ0n) is 26.8. The maximum absolute atomic E-state index is 14.5. The van der Waals surface area contributed by atoms with Gasteiger partial charge in [0.15, 0.2) is 6.29 Å². The molecule has 2 saturated heterocycles. The molecule has 2 aliphatic heterocycles. The third kappa shape index (κ3) is 9.26. The largest absolute Gasteiger partial charge is 0.443 e. The molecule has 0 saturated carbocycles. The Bertz CT molecular complexity index is 1400. The van der Waals surface area contributed by atoms with Crippen molar-refractivity contribution in [1.82, 2.24) is 9.62 Å². The van der Waals surface area contributed by atoms with Crippen molar-refractivity contribution >= 4 is 27.6 Å². The smallest absolute Gasteiger partial charge is 0.408 e. The van der Waals surface area contributed by atoms with Crippen LogP contribution in [0.15, 0.2) is 59.5 Å². The van der Waals surface area contributed by atoms with Gasteiger partial charge in [-0.25, -0.2) is 13.2 Å². The summed E-state index contributed by atoms with van der Waals surface area (Å²) in [6.07, 6.45) is -2.55. The molecule has 2 fully saturated rings. The van der Waals surface area contributed by atoms with Gasteiger partial charge in [0, 0.05) is 32.7 Å².